The van der Waals surface area contributed by atoms with Crippen LogP contribution in [-0.2, 0) is 4.79 Å². The molecule has 0 radical (unpaired) electrons. The summed E-state index contributed by atoms with van der Waals surface area (Å²) in [5.41, 5.74) is 0.798. The van der Waals surface area contributed by atoms with Crippen LogP contribution < -0.4 is 0 Å². The highest BCUT2D eigenvalue weighted by Gasteiger charge is 2.17. The quantitative estimate of drug-likeness (QED) is 0.349. The lowest BCUT2D eigenvalue weighted by molar-refractivity contribution is -0.113. The molecule has 0 spiro atoms. The Balaban J connectivity index is 2.31. The van der Waals surface area contributed by atoms with Gasteiger partial charge in [-0.1, -0.05) is 60.7 Å². The van der Waals surface area contributed by atoms with Crippen LogP contribution in [0.1, 0.15) is 17.3 Å². The van der Waals surface area contributed by atoms with Crippen molar-refractivity contribution in [3.8, 4) is 0 Å². The maximum atomic E-state index is 12.2. The van der Waals surface area contributed by atoms with Crippen molar-refractivity contribution >= 4 is 11.6 Å². The molecule has 18 heavy (non-hydrogen) atoms. The molecule has 0 unspecified atom stereocenters. The first-order chi connectivity index (χ1) is 8.68. The zero-order valence-electron chi connectivity index (χ0n) is 10.2. The maximum Gasteiger partial charge on any atom is 0.196 e. The Morgan fingerprint density at radius 1 is 1.06 bits per heavy atom. The van der Waals surface area contributed by atoms with Gasteiger partial charge in [-0.15, -0.1) is 0 Å². The first kappa shape index (κ1) is 12.2. The van der Waals surface area contributed by atoms with Gasteiger partial charge >= 0.3 is 0 Å². The number of Topliss-reactive ketones (excluding diaryl/α,β-unsaturated/α-hetero) is 2. The lowest BCUT2D eigenvalue weighted by atomic mass is 9.97. The molecule has 0 bridgehead atoms. The molecule has 0 heterocycles. The number of hydrogen-bond donors (Lipinski definition) is 0. The number of ketones is 2. The standard InChI is InChI=1S/C16H14O2/c1-12(17)15(11-13-7-5-6-8-13)16(18)14-9-3-2-4-10-14/h2-11,13H,1H3. The van der Waals surface area contributed by atoms with Gasteiger partial charge in [-0.3, -0.25) is 9.59 Å². The van der Waals surface area contributed by atoms with E-state index in [0.29, 0.717) is 5.56 Å². The predicted molar refractivity (Wildman–Crippen MR) is 71.3 cm³/mol. The molecule has 0 saturated heterocycles. The molecule has 0 saturated carbocycles. The Kier molecular flexibility index (Phi) is 3.68. The Labute approximate surface area is 106 Å². The van der Waals surface area contributed by atoms with Gasteiger partial charge in [0.1, 0.15) is 0 Å². The second-order valence-corrected chi connectivity index (χ2v) is 4.18. The van der Waals surface area contributed by atoms with E-state index in [9.17, 15) is 9.59 Å². The molecule has 0 fully saturated rings. The minimum atomic E-state index is -0.211. The van der Waals surface area contributed by atoms with Gasteiger partial charge in [0.25, 0.3) is 0 Å². The van der Waals surface area contributed by atoms with Gasteiger partial charge in [-0.05, 0) is 6.92 Å². The van der Waals surface area contributed by atoms with Crippen molar-refractivity contribution in [1.82, 2.24) is 0 Å². The van der Waals surface area contributed by atoms with Gasteiger partial charge in [0.2, 0.25) is 0 Å². The van der Waals surface area contributed by atoms with Crippen molar-refractivity contribution in [2.75, 3.05) is 0 Å². The van der Waals surface area contributed by atoms with E-state index < -0.39 is 0 Å². The van der Waals surface area contributed by atoms with Crippen molar-refractivity contribution < 1.29 is 9.59 Å². The number of allylic oxidation sites excluding steroid dienone is 6. The first-order valence-corrected chi connectivity index (χ1v) is 5.86. The second kappa shape index (κ2) is 5.41. The van der Waals surface area contributed by atoms with Gasteiger partial charge in [-0.2, -0.15) is 0 Å². The third-order valence-electron chi connectivity index (χ3n) is 2.80. The Morgan fingerprint density at radius 3 is 2.22 bits per heavy atom. The predicted octanol–water partition coefficient (Wildman–Crippen LogP) is 3.13. The highest BCUT2D eigenvalue weighted by atomic mass is 16.1. The topological polar surface area (TPSA) is 34.1 Å². The Hall–Kier alpha value is -2.22. The molecule has 2 nitrogen and oxygen atoms in total. The van der Waals surface area contributed by atoms with Crippen molar-refractivity contribution in [1.29, 1.82) is 0 Å². The average Bonchev–Trinajstić information content (AvgIpc) is 2.89. The molecule has 0 aliphatic heterocycles. The third-order valence-corrected chi connectivity index (χ3v) is 2.80. The molecule has 0 atom stereocenters. The van der Waals surface area contributed by atoms with Crippen LogP contribution in [0.4, 0.5) is 0 Å². The highest BCUT2D eigenvalue weighted by molar-refractivity contribution is 6.25. The van der Waals surface area contributed by atoms with E-state index in [4.69, 9.17) is 0 Å². The van der Waals surface area contributed by atoms with Crippen LogP contribution in [0, 0.1) is 5.92 Å². The van der Waals surface area contributed by atoms with Gasteiger partial charge in [0.05, 0.1) is 5.57 Å². The Bertz CT molecular complexity index is 536. The summed E-state index contributed by atoms with van der Waals surface area (Å²) in [5.74, 6) is -0.370. The first-order valence-electron chi connectivity index (χ1n) is 5.86. The van der Waals surface area contributed by atoms with Crippen LogP contribution in [0.3, 0.4) is 0 Å². The molecular formula is C16H14O2. The van der Waals surface area contributed by atoms with Crippen LogP contribution in [0.2, 0.25) is 0 Å². The van der Waals surface area contributed by atoms with Crippen LogP contribution in [0.15, 0.2) is 66.3 Å². The third kappa shape index (κ3) is 2.72. The van der Waals surface area contributed by atoms with Crippen molar-refractivity contribution in [2.24, 2.45) is 5.92 Å². The molecule has 0 amide bonds. The molecule has 0 aromatic heterocycles. The van der Waals surface area contributed by atoms with E-state index in [0.717, 1.165) is 0 Å². The van der Waals surface area contributed by atoms with Crippen molar-refractivity contribution in [2.45, 2.75) is 6.92 Å². The average molecular weight is 238 g/mol. The van der Waals surface area contributed by atoms with Crippen LogP contribution in [0.25, 0.3) is 0 Å². The molecule has 1 aromatic rings. The minimum absolute atomic E-state index is 0.0385. The molecule has 1 aromatic carbocycles. The van der Waals surface area contributed by atoms with E-state index >= 15 is 0 Å². The monoisotopic (exact) mass is 238 g/mol. The summed E-state index contributed by atoms with van der Waals surface area (Å²) in [6, 6.07) is 8.87. The number of rotatable bonds is 4. The van der Waals surface area contributed by atoms with Gasteiger partial charge in [-0.25, -0.2) is 0 Å². The van der Waals surface area contributed by atoms with Crippen molar-refractivity contribution in [3.63, 3.8) is 0 Å². The van der Waals surface area contributed by atoms with Crippen LogP contribution in [-0.4, -0.2) is 11.6 Å². The van der Waals surface area contributed by atoms with Crippen molar-refractivity contribution in [3.05, 3.63) is 71.8 Å². The molecule has 90 valence electrons. The summed E-state index contributed by atoms with van der Waals surface area (Å²) in [7, 11) is 0. The largest absolute Gasteiger partial charge is 0.294 e. The highest BCUT2D eigenvalue weighted by Crippen LogP contribution is 2.16. The van der Waals surface area contributed by atoms with E-state index in [2.05, 4.69) is 0 Å². The smallest absolute Gasteiger partial charge is 0.196 e. The molecule has 0 N–H and O–H groups in total. The zero-order valence-corrected chi connectivity index (χ0v) is 10.2. The summed E-state index contributed by atoms with van der Waals surface area (Å²) < 4.78 is 0. The second-order valence-electron chi connectivity index (χ2n) is 4.18. The normalized spacial score (nSPS) is 15.1. The summed E-state index contributed by atoms with van der Waals surface area (Å²) in [6.07, 6.45) is 9.43. The molecule has 1 aliphatic rings. The Morgan fingerprint density at radius 2 is 1.67 bits per heavy atom. The number of benzene rings is 1. The number of carbonyl (C=O) groups is 2. The molecule has 1 aliphatic carbocycles. The van der Waals surface area contributed by atoms with E-state index in [1.165, 1.54) is 6.92 Å². The molecule has 2 heteroatoms. The zero-order chi connectivity index (χ0) is 13.0. The summed E-state index contributed by atoms with van der Waals surface area (Å²) >= 11 is 0. The SMILES string of the molecule is CC(=O)C(=CC1C=CC=C1)C(=O)c1ccccc1. The summed E-state index contributed by atoms with van der Waals surface area (Å²) in [6.45, 7) is 1.43. The minimum Gasteiger partial charge on any atom is -0.294 e. The maximum absolute atomic E-state index is 12.2. The molecular weight excluding hydrogens is 224 g/mol. The fourth-order valence-corrected chi connectivity index (χ4v) is 1.85. The van der Waals surface area contributed by atoms with E-state index in [1.807, 2.05) is 30.4 Å². The summed E-state index contributed by atoms with van der Waals surface area (Å²) in [5, 5.41) is 0. The lowest BCUT2D eigenvalue weighted by Gasteiger charge is -2.05. The van der Waals surface area contributed by atoms with E-state index in [1.54, 1.807) is 30.3 Å². The van der Waals surface area contributed by atoms with Gasteiger partial charge in [0.15, 0.2) is 11.6 Å². The molecule has 2 rings (SSSR count). The number of carbonyl (C=O) groups excluding carboxylic acids is 2. The van der Waals surface area contributed by atoms with Gasteiger partial charge < -0.3 is 0 Å². The number of hydrogen-bond acceptors (Lipinski definition) is 2. The van der Waals surface area contributed by atoms with E-state index in [-0.39, 0.29) is 23.1 Å². The van der Waals surface area contributed by atoms with Crippen LogP contribution in [0.5, 0.6) is 0 Å². The summed E-state index contributed by atoms with van der Waals surface area (Å²) in [4.78, 5) is 23.8. The lowest BCUT2D eigenvalue weighted by Crippen LogP contribution is -2.11. The fraction of sp³-hybridized carbons (Fsp3) is 0.125. The van der Waals surface area contributed by atoms with Crippen LogP contribution >= 0.6 is 0 Å². The van der Waals surface area contributed by atoms with Gasteiger partial charge in [0, 0.05) is 11.5 Å². The fourth-order valence-electron chi connectivity index (χ4n) is 1.85.